The van der Waals surface area contributed by atoms with E-state index < -0.39 is 0 Å². The summed E-state index contributed by atoms with van der Waals surface area (Å²) < 4.78 is 12.4. The Morgan fingerprint density at radius 3 is 2.64 bits per heavy atom. The van der Waals surface area contributed by atoms with Crippen LogP contribution in [0.2, 0.25) is 0 Å². The lowest BCUT2D eigenvalue weighted by molar-refractivity contribution is 0.282. The molecule has 28 heavy (non-hydrogen) atoms. The molecule has 0 unspecified atom stereocenters. The van der Waals surface area contributed by atoms with Crippen molar-refractivity contribution < 1.29 is 14.6 Å². The zero-order valence-corrected chi connectivity index (χ0v) is 15.6. The summed E-state index contributed by atoms with van der Waals surface area (Å²) in [6.07, 6.45) is 1.73. The Balaban J connectivity index is 1.70. The second kappa shape index (κ2) is 7.58. The van der Waals surface area contributed by atoms with E-state index in [0.29, 0.717) is 11.5 Å². The van der Waals surface area contributed by atoms with Crippen molar-refractivity contribution in [3.05, 3.63) is 66.4 Å². The largest absolute Gasteiger partial charge is 0.493 e. The number of benzene rings is 2. The molecular formula is C21H20N4O3. The quantitative estimate of drug-likeness (QED) is 0.535. The Kier molecular flexibility index (Phi) is 4.82. The van der Waals surface area contributed by atoms with Crippen LogP contribution in [0, 0.1) is 0 Å². The number of aromatic nitrogens is 3. The Hall–Kier alpha value is -3.58. The zero-order valence-electron chi connectivity index (χ0n) is 15.6. The van der Waals surface area contributed by atoms with Crippen LogP contribution in [-0.4, -0.2) is 33.9 Å². The van der Waals surface area contributed by atoms with Gasteiger partial charge >= 0.3 is 0 Å². The number of aliphatic hydroxyl groups excluding tert-OH is 1. The fourth-order valence-electron chi connectivity index (χ4n) is 3.00. The molecule has 2 aromatic heterocycles. The standard InChI is InChI=1S/C21H20N4O3/c1-27-18-8-6-16(11-19(18)28-2)23-21-12-22-20-9-7-17(24-25(20)21)15-5-3-4-14(10-15)13-26/h3-12,23,26H,13H2,1-2H3. The van der Waals surface area contributed by atoms with Gasteiger partial charge in [0.25, 0.3) is 0 Å². The molecular weight excluding hydrogens is 356 g/mol. The molecule has 0 fully saturated rings. The second-order valence-corrected chi connectivity index (χ2v) is 6.19. The van der Waals surface area contributed by atoms with E-state index in [2.05, 4.69) is 10.3 Å². The second-order valence-electron chi connectivity index (χ2n) is 6.19. The summed E-state index contributed by atoms with van der Waals surface area (Å²) in [5.41, 5.74) is 4.11. The van der Waals surface area contributed by atoms with Crippen molar-refractivity contribution >= 4 is 17.2 Å². The minimum Gasteiger partial charge on any atom is -0.493 e. The van der Waals surface area contributed by atoms with Crippen LogP contribution in [0.1, 0.15) is 5.56 Å². The Morgan fingerprint density at radius 2 is 1.86 bits per heavy atom. The van der Waals surface area contributed by atoms with E-state index in [0.717, 1.165) is 34.0 Å². The first-order chi connectivity index (χ1) is 13.7. The predicted molar refractivity (Wildman–Crippen MR) is 107 cm³/mol. The summed E-state index contributed by atoms with van der Waals surface area (Å²) in [5, 5.41) is 17.4. The summed E-state index contributed by atoms with van der Waals surface area (Å²) in [6, 6.07) is 17.1. The Bertz CT molecular complexity index is 1120. The monoisotopic (exact) mass is 376 g/mol. The Morgan fingerprint density at radius 1 is 1.00 bits per heavy atom. The molecule has 0 amide bonds. The van der Waals surface area contributed by atoms with Crippen molar-refractivity contribution in [1.29, 1.82) is 0 Å². The highest BCUT2D eigenvalue weighted by Gasteiger charge is 2.10. The lowest BCUT2D eigenvalue weighted by Crippen LogP contribution is -2.01. The minimum absolute atomic E-state index is 0.00668. The summed E-state index contributed by atoms with van der Waals surface area (Å²) in [7, 11) is 3.21. The van der Waals surface area contributed by atoms with Gasteiger partial charge in [-0.15, -0.1) is 0 Å². The van der Waals surface area contributed by atoms with E-state index in [-0.39, 0.29) is 6.61 Å². The summed E-state index contributed by atoms with van der Waals surface area (Å²) in [6.45, 7) is -0.00668. The maximum Gasteiger partial charge on any atom is 0.162 e. The van der Waals surface area contributed by atoms with Gasteiger partial charge < -0.3 is 19.9 Å². The molecule has 0 aliphatic carbocycles. The molecule has 2 heterocycles. The third kappa shape index (κ3) is 3.35. The summed E-state index contributed by atoms with van der Waals surface area (Å²) in [5.74, 6) is 2.02. The van der Waals surface area contributed by atoms with Crippen LogP contribution in [-0.2, 0) is 6.61 Å². The van der Waals surface area contributed by atoms with Gasteiger partial charge in [-0.1, -0.05) is 18.2 Å². The first-order valence-electron chi connectivity index (χ1n) is 8.76. The first-order valence-corrected chi connectivity index (χ1v) is 8.76. The van der Waals surface area contributed by atoms with E-state index in [1.165, 1.54) is 0 Å². The summed E-state index contributed by atoms with van der Waals surface area (Å²) >= 11 is 0. The topological polar surface area (TPSA) is 80.9 Å². The average Bonchev–Trinajstić information content (AvgIpc) is 3.15. The highest BCUT2D eigenvalue weighted by molar-refractivity contribution is 5.66. The SMILES string of the molecule is COc1ccc(Nc2cnc3ccc(-c4cccc(CO)c4)nn23)cc1OC. The van der Waals surface area contributed by atoms with Crippen LogP contribution in [0.4, 0.5) is 11.5 Å². The van der Waals surface area contributed by atoms with Gasteiger partial charge in [-0.2, -0.15) is 9.61 Å². The van der Waals surface area contributed by atoms with Crippen molar-refractivity contribution in [2.24, 2.45) is 0 Å². The number of hydrogen-bond donors (Lipinski definition) is 2. The van der Waals surface area contributed by atoms with E-state index in [4.69, 9.17) is 14.6 Å². The molecule has 4 aromatic rings. The fourth-order valence-corrected chi connectivity index (χ4v) is 3.00. The Labute approximate surface area is 162 Å². The summed E-state index contributed by atoms with van der Waals surface area (Å²) in [4.78, 5) is 4.40. The van der Waals surface area contributed by atoms with E-state index in [1.807, 2.05) is 54.6 Å². The number of anilines is 2. The number of hydrogen-bond acceptors (Lipinski definition) is 6. The number of ether oxygens (including phenoxy) is 2. The van der Waals surface area contributed by atoms with Crippen LogP contribution >= 0.6 is 0 Å². The molecule has 0 spiro atoms. The zero-order chi connectivity index (χ0) is 19.5. The highest BCUT2D eigenvalue weighted by atomic mass is 16.5. The van der Waals surface area contributed by atoms with Gasteiger partial charge in [0.2, 0.25) is 0 Å². The van der Waals surface area contributed by atoms with Gasteiger partial charge in [0, 0.05) is 17.3 Å². The number of nitrogens with one attached hydrogen (secondary N) is 1. The predicted octanol–water partition coefficient (Wildman–Crippen LogP) is 3.65. The third-order valence-electron chi connectivity index (χ3n) is 4.42. The van der Waals surface area contributed by atoms with Crippen LogP contribution in [0.15, 0.2) is 60.8 Å². The maximum absolute atomic E-state index is 9.37. The average molecular weight is 376 g/mol. The number of aliphatic hydroxyl groups is 1. The molecule has 7 heteroatoms. The van der Waals surface area contributed by atoms with Crippen LogP contribution < -0.4 is 14.8 Å². The van der Waals surface area contributed by atoms with Crippen LogP contribution in [0.25, 0.3) is 16.9 Å². The van der Waals surface area contributed by atoms with Crippen LogP contribution in [0.3, 0.4) is 0 Å². The van der Waals surface area contributed by atoms with Gasteiger partial charge in [0.1, 0.15) is 0 Å². The van der Waals surface area contributed by atoms with Gasteiger partial charge in [-0.3, -0.25) is 0 Å². The van der Waals surface area contributed by atoms with Gasteiger partial charge in [0.05, 0.1) is 32.7 Å². The molecule has 0 saturated carbocycles. The first kappa shape index (κ1) is 17.8. The molecule has 142 valence electrons. The number of fused-ring (bicyclic) bond motifs is 1. The van der Waals surface area contributed by atoms with Crippen LogP contribution in [0.5, 0.6) is 11.5 Å². The van der Waals surface area contributed by atoms with Gasteiger partial charge in [-0.05, 0) is 35.9 Å². The molecule has 0 radical (unpaired) electrons. The molecule has 0 saturated heterocycles. The van der Waals surface area contributed by atoms with Gasteiger partial charge in [0.15, 0.2) is 23.0 Å². The van der Waals surface area contributed by atoms with Gasteiger partial charge in [-0.25, -0.2) is 4.98 Å². The molecule has 4 rings (SSSR count). The number of imidazole rings is 1. The molecule has 7 nitrogen and oxygen atoms in total. The molecule has 0 atom stereocenters. The number of rotatable bonds is 6. The van der Waals surface area contributed by atoms with E-state index in [1.54, 1.807) is 24.9 Å². The third-order valence-corrected chi connectivity index (χ3v) is 4.42. The fraction of sp³-hybridized carbons (Fsp3) is 0.143. The molecule has 0 bridgehead atoms. The van der Waals surface area contributed by atoms with Crippen molar-refractivity contribution in [1.82, 2.24) is 14.6 Å². The van der Waals surface area contributed by atoms with E-state index in [9.17, 15) is 5.11 Å². The highest BCUT2D eigenvalue weighted by Crippen LogP contribution is 2.31. The van der Waals surface area contributed by atoms with Crippen molar-refractivity contribution in [3.63, 3.8) is 0 Å². The van der Waals surface area contributed by atoms with Crippen molar-refractivity contribution in [2.75, 3.05) is 19.5 Å². The van der Waals surface area contributed by atoms with Crippen molar-refractivity contribution in [3.8, 4) is 22.8 Å². The molecule has 0 aliphatic heterocycles. The normalized spacial score (nSPS) is 10.8. The number of nitrogens with zero attached hydrogens (tertiary/aromatic N) is 3. The smallest absolute Gasteiger partial charge is 0.162 e. The lowest BCUT2D eigenvalue weighted by atomic mass is 10.1. The molecule has 0 aliphatic rings. The minimum atomic E-state index is -0.00668. The maximum atomic E-state index is 9.37. The molecule has 2 aromatic carbocycles. The molecule has 2 N–H and O–H groups in total. The number of methoxy groups -OCH3 is 2. The van der Waals surface area contributed by atoms with Crippen molar-refractivity contribution in [2.45, 2.75) is 6.61 Å². The lowest BCUT2D eigenvalue weighted by Gasteiger charge is -2.11. The van der Waals surface area contributed by atoms with E-state index >= 15 is 0 Å².